The normalized spacial score (nSPS) is 28.2. The van der Waals surface area contributed by atoms with Crippen molar-refractivity contribution in [1.29, 1.82) is 0 Å². The molecule has 0 unspecified atom stereocenters. The lowest BCUT2D eigenvalue weighted by atomic mass is 9.79. The molecule has 0 aliphatic heterocycles. The van der Waals surface area contributed by atoms with Crippen molar-refractivity contribution in [1.82, 2.24) is 0 Å². The number of benzene rings is 1. The highest BCUT2D eigenvalue weighted by Gasteiger charge is 2.49. The molecule has 262 valence electrons. The molecule has 1 aromatic rings. The molecule has 3 aliphatic rings. The van der Waals surface area contributed by atoms with E-state index in [0.29, 0.717) is 18.8 Å². The first-order valence-corrected chi connectivity index (χ1v) is 16.5. The van der Waals surface area contributed by atoms with Gasteiger partial charge in [0, 0.05) is 12.1 Å². The number of hydrogen-bond donors (Lipinski definition) is 0. The summed E-state index contributed by atoms with van der Waals surface area (Å²) in [6.45, 7) is 2.13. The van der Waals surface area contributed by atoms with E-state index >= 15 is 8.78 Å². The van der Waals surface area contributed by atoms with E-state index in [1.165, 1.54) is 0 Å². The Bertz CT molecular complexity index is 1110. The summed E-state index contributed by atoms with van der Waals surface area (Å²) in [7, 11) is 0. The van der Waals surface area contributed by atoms with Crippen molar-refractivity contribution in [3.8, 4) is 5.75 Å². The molecule has 1 aromatic carbocycles. The number of hydrogen-bond acceptors (Lipinski definition) is 4. The third kappa shape index (κ3) is 9.76. The predicted octanol–water partition coefficient (Wildman–Crippen LogP) is 10.6. The van der Waals surface area contributed by atoms with Crippen molar-refractivity contribution in [3.05, 3.63) is 29.3 Å². The molecule has 46 heavy (non-hydrogen) atoms. The van der Waals surface area contributed by atoms with Gasteiger partial charge < -0.3 is 14.2 Å². The molecular formula is C33H43F9O4. The van der Waals surface area contributed by atoms with Crippen LogP contribution in [0.2, 0.25) is 0 Å². The zero-order chi connectivity index (χ0) is 33.7. The van der Waals surface area contributed by atoms with E-state index in [4.69, 9.17) is 14.2 Å². The second-order valence-corrected chi connectivity index (χ2v) is 13.2. The minimum atomic E-state index is -5.27. The molecule has 0 N–H and O–H groups in total. The first-order valence-electron chi connectivity index (χ1n) is 16.5. The van der Waals surface area contributed by atoms with E-state index in [-0.39, 0.29) is 63.5 Å². The topological polar surface area (TPSA) is 44.8 Å². The van der Waals surface area contributed by atoms with Gasteiger partial charge in [-0.25, -0.2) is 8.78 Å². The number of carbonyl (C=O) groups is 1. The molecular weight excluding hydrogens is 631 g/mol. The van der Waals surface area contributed by atoms with E-state index in [1.807, 2.05) is 0 Å². The third-order valence-corrected chi connectivity index (χ3v) is 9.86. The highest BCUT2D eigenvalue weighted by atomic mass is 19.4. The van der Waals surface area contributed by atoms with Crippen LogP contribution in [-0.2, 0) is 20.4 Å². The number of carbonyl (C=O) groups excluding carboxylic acids is 1. The van der Waals surface area contributed by atoms with Crippen molar-refractivity contribution in [2.24, 2.45) is 23.7 Å². The Morgan fingerprint density at radius 3 is 1.61 bits per heavy atom. The fourth-order valence-electron chi connectivity index (χ4n) is 7.12. The van der Waals surface area contributed by atoms with E-state index in [2.05, 4.69) is 6.92 Å². The van der Waals surface area contributed by atoms with Crippen molar-refractivity contribution in [2.75, 3.05) is 0 Å². The quantitative estimate of drug-likeness (QED) is 0.0958. The smallest absolute Gasteiger partial charge is 0.422 e. The van der Waals surface area contributed by atoms with E-state index in [0.717, 1.165) is 38.5 Å². The Labute approximate surface area is 263 Å². The maximum Gasteiger partial charge on any atom is 0.422 e. The van der Waals surface area contributed by atoms with Crippen molar-refractivity contribution in [2.45, 2.75) is 140 Å². The van der Waals surface area contributed by atoms with Crippen LogP contribution < -0.4 is 4.74 Å². The van der Waals surface area contributed by atoms with Gasteiger partial charge >= 0.3 is 24.4 Å². The van der Waals surface area contributed by atoms with Gasteiger partial charge in [-0.1, -0.05) is 32.6 Å². The van der Waals surface area contributed by atoms with E-state index in [9.17, 15) is 35.5 Å². The van der Waals surface area contributed by atoms with Crippen molar-refractivity contribution < 1.29 is 58.5 Å². The van der Waals surface area contributed by atoms with E-state index < -0.39 is 77.3 Å². The molecule has 0 radical (unpaired) electrons. The van der Waals surface area contributed by atoms with Crippen LogP contribution in [0.3, 0.4) is 0 Å². The molecule has 0 amide bonds. The maximum atomic E-state index is 15.1. The van der Waals surface area contributed by atoms with Gasteiger partial charge in [-0.2, -0.15) is 30.7 Å². The first-order chi connectivity index (χ1) is 21.6. The second-order valence-electron chi connectivity index (χ2n) is 13.2. The summed E-state index contributed by atoms with van der Waals surface area (Å²) >= 11 is 0. The van der Waals surface area contributed by atoms with Crippen LogP contribution in [0.15, 0.2) is 12.1 Å². The Morgan fingerprint density at radius 1 is 0.696 bits per heavy atom. The molecule has 13 heteroatoms. The molecule has 3 fully saturated rings. The second kappa shape index (κ2) is 15.5. The monoisotopic (exact) mass is 674 g/mol. The Kier molecular flexibility index (Phi) is 12.4. The minimum absolute atomic E-state index is 0.0418. The molecule has 3 aliphatic carbocycles. The SMILES string of the molecule is CCCCCC1CCC(C(F)(F)OC2CCC(C(F)(F)OC3CCC(C(=O)Oc4cc(F)c(C(F)(F)F)c(F)c4)CC3)CC2)CC1. The summed E-state index contributed by atoms with van der Waals surface area (Å²) in [6.07, 6.45) is -6.75. The molecule has 0 heterocycles. The predicted molar refractivity (Wildman–Crippen MR) is 150 cm³/mol. The largest absolute Gasteiger partial charge is 0.426 e. The highest BCUT2D eigenvalue weighted by Crippen LogP contribution is 2.45. The van der Waals surface area contributed by atoms with Crippen LogP contribution >= 0.6 is 0 Å². The lowest BCUT2D eigenvalue weighted by Gasteiger charge is -2.39. The van der Waals surface area contributed by atoms with Gasteiger partial charge in [0.25, 0.3) is 0 Å². The summed E-state index contributed by atoms with van der Waals surface area (Å²) in [5.41, 5.74) is -2.10. The molecule has 0 bridgehead atoms. The maximum absolute atomic E-state index is 15.1. The third-order valence-electron chi connectivity index (χ3n) is 9.86. The molecule has 3 saturated carbocycles. The molecule has 0 aromatic heterocycles. The molecule has 4 nitrogen and oxygen atoms in total. The number of ether oxygens (including phenoxy) is 3. The molecule has 4 rings (SSSR count). The first kappa shape index (κ1) is 36.8. The van der Waals surface area contributed by atoms with Gasteiger partial charge in [-0.15, -0.1) is 0 Å². The van der Waals surface area contributed by atoms with Crippen LogP contribution in [0.25, 0.3) is 0 Å². The lowest BCUT2D eigenvalue weighted by Crippen LogP contribution is -2.42. The van der Waals surface area contributed by atoms with Crippen LogP contribution in [-0.4, -0.2) is 30.4 Å². The zero-order valence-electron chi connectivity index (χ0n) is 26.0. The number of rotatable bonds is 12. The summed E-state index contributed by atoms with van der Waals surface area (Å²) in [4.78, 5) is 12.5. The van der Waals surface area contributed by atoms with Crippen molar-refractivity contribution >= 4 is 5.97 Å². The Balaban J connectivity index is 1.18. The Hall–Kier alpha value is -2.02. The summed E-state index contributed by atoms with van der Waals surface area (Å²) in [6, 6.07) is 0.529. The van der Waals surface area contributed by atoms with Crippen LogP contribution in [0.1, 0.15) is 115 Å². The van der Waals surface area contributed by atoms with Gasteiger partial charge in [0.15, 0.2) is 0 Å². The van der Waals surface area contributed by atoms with Gasteiger partial charge in [-0.05, 0) is 83.0 Å². The fourth-order valence-corrected chi connectivity index (χ4v) is 7.12. The van der Waals surface area contributed by atoms with Gasteiger partial charge in [0.2, 0.25) is 0 Å². The van der Waals surface area contributed by atoms with Gasteiger partial charge in [0.1, 0.15) is 22.9 Å². The zero-order valence-corrected chi connectivity index (χ0v) is 26.0. The number of halogens is 9. The molecule has 0 spiro atoms. The minimum Gasteiger partial charge on any atom is -0.426 e. The standard InChI is InChI=1S/C33H43F9O4/c1-2-3-4-5-20-6-10-22(11-7-20)32(39,40)46-25-16-12-23(13-17-25)33(41,42)45-24-14-8-21(9-15-24)30(43)44-26-18-27(34)29(28(35)19-26)31(36,37)38/h18-25H,2-17H2,1H3. The summed E-state index contributed by atoms with van der Waals surface area (Å²) in [5, 5.41) is 0. The van der Waals surface area contributed by atoms with Gasteiger partial charge in [-0.3, -0.25) is 4.79 Å². The van der Waals surface area contributed by atoms with Gasteiger partial charge in [0.05, 0.1) is 30.0 Å². The Morgan fingerprint density at radius 2 is 1.15 bits per heavy atom. The number of alkyl halides is 7. The van der Waals surface area contributed by atoms with Crippen LogP contribution in [0.4, 0.5) is 39.5 Å². The average Bonchev–Trinajstić information content (AvgIpc) is 2.97. The average molecular weight is 675 g/mol. The molecule has 0 saturated heterocycles. The number of unbranched alkanes of at least 4 members (excludes halogenated alkanes) is 2. The highest BCUT2D eigenvalue weighted by molar-refractivity contribution is 5.75. The van der Waals surface area contributed by atoms with Crippen LogP contribution in [0.5, 0.6) is 5.75 Å². The number of esters is 1. The summed E-state index contributed by atoms with van der Waals surface area (Å²) < 4.78 is 141. The fraction of sp³-hybridized carbons (Fsp3) is 0.788. The van der Waals surface area contributed by atoms with Crippen LogP contribution in [0, 0.1) is 35.3 Å². The molecule has 0 atom stereocenters. The lowest BCUT2D eigenvalue weighted by molar-refractivity contribution is -0.318. The summed E-state index contributed by atoms with van der Waals surface area (Å²) in [5.74, 6) is -7.93. The van der Waals surface area contributed by atoms with Crippen molar-refractivity contribution in [3.63, 3.8) is 0 Å². The van der Waals surface area contributed by atoms with E-state index in [1.54, 1.807) is 0 Å².